The maximum absolute atomic E-state index is 9.28. The standard InChI is InChI=1S/C19H18N8.C2H6/c1-3-4-7-15-13(2)26-17(27(15)16-8-5-6-9-22-16)11-23-19-14(10-20)18(21)24-12-25-19;1-2/h3-9,12H,1,11H2,2H3,(H3,21,23,24,25);1-2H3/b7-4-;. The van der Waals surface area contributed by atoms with E-state index in [2.05, 4.69) is 31.8 Å². The van der Waals surface area contributed by atoms with Gasteiger partial charge in [-0.1, -0.05) is 38.6 Å². The van der Waals surface area contributed by atoms with Gasteiger partial charge < -0.3 is 11.1 Å². The van der Waals surface area contributed by atoms with Crippen molar-refractivity contribution in [3.63, 3.8) is 0 Å². The Kier molecular flexibility index (Phi) is 7.62. The minimum absolute atomic E-state index is 0.133. The molecule has 0 radical (unpaired) electrons. The van der Waals surface area contributed by atoms with Crippen molar-refractivity contribution in [1.82, 2.24) is 24.5 Å². The van der Waals surface area contributed by atoms with Crippen molar-refractivity contribution in [2.24, 2.45) is 0 Å². The monoisotopic (exact) mass is 388 g/mol. The van der Waals surface area contributed by atoms with Crippen LogP contribution in [-0.4, -0.2) is 24.5 Å². The van der Waals surface area contributed by atoms with Crippen LogP contribution in [0, 0.1) is 18.3 Å². The van der Waals surface area contributed by atoms with Gasteiger partial charge in [0.25, 0.3) is 0 Å². The average Bonchev–Trinajstić information content (AvgIpc) is 3.07. The van der Waals surface area contributed by atoms with Gasteiger partial charge in [-0.2, -0.15) is 5.26 Å². The number of pyridine rings is 1. The first-order valence-electron chi connectivity index (χ1n) is 9.19. The summed E-state index contributed by atoms with van der Waals surface area (Å²) in [6.07, 6.45) is 8.52. The molecule has 3 aromatic rings. The van der Waals surface area contributed by atoms with Gasteiger partial charge in [-0.25, -0.2) is 19.9 Å². The molecule has 0 aromatic carbocycles. The molecule has 0 atom stereocenters. The van der Waals surface area contributed by atoms with Crippen molar-refractivity contribution in [3.8, 4) is 11.9 Å². The quantitative estimate of drug-likeness (QED) is 0.619. The second-order valence-electron chi connectivity index (χ2n) is 5.56. The van der Waals surface area contributed by atoms with E-state index >= 15 is 0 Å². The lowest BCUT2D eigenvalue weighted by atomic mass is 10.3. The van der Waals surface area contributed by atoms with Crippen LogP contribution in [0.5, 0.6) is 0 Å². The number of nitrogens with one attached hydrogen (secondary N) is 1. The molecule has 0 aliphatic rings. The van der Waals surface area contributed by atoms with Crippen LogP contribution in [0.1, 0.15) is 36.6 Å². The molecule has 0 aliphatic heterocycles. The molecule has 3 rings (SSSR count). The van der Waals surface area contributed by atoms with E-state index < -0.39 is 0 Å². The molecule has 29 heavy (non-hydrogen) atoms. The Labute approximate surface area is 170 Å². The number of hydrogen-bond acceptors (Lipinski definition) is 7. The van der Waals surface area contributed by atoms with Gasteiger partial charge in [-0.15, -0.1) is 0 Å². The van der Waals surface area contributed by atoms with E-state index in [0.717, 1.165) is 23.0 Å². The Morgan fingerprint density at radius 3 is 2.72 bits per heavy atom. The second-order valence-corrected chi connectivity index (χ2v) is 5.56. The zero-order chi connectivity index (χ0) is 21.2. The summed E-state index contributed by atoms with van der Waals surface area (Å²) in [6, 6.07) is 7.68. The van der Waals surface area contributed by atoms with Gasteiger partial charge in [-0.05, 0) is 25.1 Å². The normalized spacial score (nSPS) is 10.1. The van der Waals surface area contributed by atoms with Crippen molar-refractivity contribution in [2.75, 3.05) is 11.1 Å². The van der Waals surface area contributed by atoms with Gasteiger partial charge in [0.2, 0.25) is 0 Å². The van der Waals surface area contributed by atoms with Crippen molar-refractivity contribution < 1.29 is 0 Å². The minimum Gasteiger partial charge on any atom is -0.382 e. The van der Waals surface area contributed by atoms with E-state index in [1.165, 1.54) is 6.33 Å². The lowest BCUT2D eigenvalue weighted by Gasteiger charge is -2.11. The van der Waals surface area contributed by atoms with Crippen molar-refractivity contribution >= 4 is 17.7 Å². The molecular weight excluding hydrogens is 364 g/mol. The third kappa shape index (κ3) is 4.84. The Hall–Kier alpha value is -3.99. The van der Waals surface area contributed by atoms with Crippen LogP contribution in [-0.2, 0) is 6.54 Å². The van der Waals surface area contributed by atoms with E-state index in [4.69, 9.17) is 5.73 Å². The fourth-order valence-corrected chi connectivity index (χ4v) is 2.62. The number of imidazole rings is 1. The van der Waals surface area contributed by atoms with Crippen LogP contribution in [0.15, 0.2) is 49.5 Å². The number of hydrogen-bond donors (Lipinski definition) is 2. The highest BCUT2D eigenvalue weighted by Gasteiger charge is 2.16. The number of allylic oxidation sites excluding steroid dienone is 2. The lowest BCUT2D eigenvalue weighted by Crippen LogP contribution is -2.12. The molecule has 0 unspecified atom stereocenters. The summed E-state index contributed by atoms with van der Waals surface area (Å²) in [5.41, 5.74) is 7.69. The smallest absolute Gasteiger partial charge is 0.149 e. The molecule has 8 nitrogen and oxygen atoms in total. The molecule has 0 saturated carbocycles. The number of nitrogens with zero attached hydrogens (tertiary/aromatic N) is 6. The van der Waals surface area contributed by atoms with Crippen molar-refractivity contribution in [1.29, 1.82) is 5.26 Å². The highest BCUT2D eigenvalue weighted by Crippen LogP contribution is 2.21. The van der Waals surface area contributed by atoms with E-state index in [-0.39, 0.29) is 11.4 Å². The maximum Gasteiger partial charge on any atom is 0.149 e. The third-order valence-corrected chi connectivity index (χ3v) is 3.84. The summed E-state index contributed by atoms with van der Waals surface area (Å²) in [4.78, 5) is 17.0. The van der Waals surface area contributed by atoms with Crippen LogP contribution in [0.2, 0.25) is 0 Å². The molecule has 0 saturated heterocycles. The van der Waals surface area contributed by atoms with Gasteiger partial charge >= 0.3 is 0 Å². The second kappa shape index (κ2) is 10.4. The Morgan fingerprint density at radius 2 is 2.07 bits per heavy atom. The minimum atomic E-state index is 0.133. The molecule has 148 valence electrons. The van der Waals surface area contributed by atoms with Gasteiger partial charge in [0, 0.05) is 6.20 Å². The molecule has 0 fully saturated rings. The number of rotatable bonds is 6. The first-order chi connectivity index (χ1) is 14.2. The van der Waals surface area contributed by atoms with Gasteiger partial charge in [0.1, 0.15) is 41.2 Å². The number of nitrogen functional groups attached to an aromatic ring is 1. The average molecular weight is 388 g/mol. The van der Waals surface area contributed by atoms with E-state index in [9.17, 15) is 5.26 Å². The number of nitriles is 1. The first kappa shape index (κ1) is 21.3. The highest BCUT2D eigenvalue weighted by molar-refractivity contribution is 5.62. The Bertz CT molecular complexity index is 1030. The molecule has 3 N–H and O–H groups in total. The van der Waals surface area contributed by atoms with Gasteiger partial charge in [0.15, 0.2) is 0 Å². The van der Waals surface area contributed by atoms with Gasteiger partial charge in [-0.3, -0.25) is 4.57 Å². The van der Waals surface area contributed by atoms with Crippen molar-refractivity contribution in [3.05, 3.63) is 72.2 Å². The van der Waals surface area contributed by atoms with Crippen LogP contribution < -0.4 is 11.1 Å². The summed E-state index contributed by atoms with van der Waals surface area (Å²) in [6.45, 7) is 9.97. The number of aryl methyl sites for hydroxylation is 1. The van der Waals surface area contributed by atoms with Gasteiger partial charge in [0.05, 0.1) is 17.9 Å². The first-order valence-corrected chi connectivity index (χ1v) is 9.19. The Morgan fingerprint density at radius 1 is 1.28 bits per heavy atom. The molecule has 8 heteroatoms. The lowest BCUT2D eigenvalue weighted by molar-refractivity contribution is 0.864. The summed E-state index contributed by atoms with van der Waals surface area (Å²) >= 11 is 0. The predicted molar refractivity (Wildman–Crippen MR) is 115 cm³/mol. The fourth-order valence-electron chi connectivity index (χ4n) is 2.62. The largest absolute Gasteiger partial charge is 0.382 e. The molecule has 0 bridgehead atoms. The SMILES string of the molecule is C=C/C=C\c1c(C)nc(CNc2ncnc(N)c2C#N)n1-c1ccccn1.CC. The van der Waals surface area contributed by atoms with Crippen LogP contribution in [0.25, 0.3) is 11.9 Å². The summed E-state index contributed by atoms with van der Waals surface area (Å²) in [7, 11) is 0. The number of nitrogens with two attached hydrogens (primary N) is 1. The molecular formula is C21H24N8. The molecule has 0 aliphatic carbocycles. The number of anilines is 2. The van der Waals surface area contributed by atoms with Crippen LogP contribution >= 0.6 is 0 Å². The van der Waals surface area contributed by atoms with Crippen LogP contribution in [0.3, 0.4) is 0 Å². The van der Waals surface area contributed by atoms with E-state index in [0.29, 0.717) is 12.4 Å². The highest BCUT2D eigenvalue weighted by atomic mass is 15.2. The van der Waals surface area contributed by atoms with Crippen molar-refractivity contribution in [2.45, 2.75) is 27.3 Å². The molecule has 0 amide bonds. The maximum atomic E-state index is 9.28. The summed E-state index contributed by atoms with van der Waals surface area (Å²) < 4.78 is 1.94. The summed E-state index contributed by atoms with van der Waals surface area (Å²) in [5.74, 6) is 1.95. The molecule has 3 aromatic heterocycles. The predicted octanol–water partition coefficient (Wildman–Crippen LogP) is 3.66. The third-order valence-electron chi connectivity index (χ3n) is 3.84. The zero-order valence-electron chi connectivity index (χ0n) is 16.8. The number of aromatic nitrogens is 5. The van der Waals surface area contributed by atoms with E-state index in [1.807, 2.05) is 61.8 Å². The summed E-state index contributed by atoms with van der Waals surface area (Å²) in [5, 5.41) is 12.4. The fraction of sp³-hybridized carbons (Fsp3) is 0.190. The topological polar surface area (TPSA) is 118 Å². The molecule has 0 spiro atoms. The van der Waals surface area contributed by atoms with E-state index in [1.54, 1.807) is 12.3 Å². The Balaban J connectivity index is 0.00000145. The molecule has 3 heterocycles. The van der Waals surface area contributed by atoms with Crippen LogP contribution in [0.4, 0.5) is 11.6 Å². The zero-order valence-corrected chi connectivity index (χ0v) is 16.8.